The molecule has 0 radical (unpaired) electrons. The van der Waals surface area contributed by atoms with Crippen LogP contribution >= 0.6 is 33.2 Å². The van der Waals surface area contributed by atoms with Gasteiger partial charge in [0, 0.05) is 29.5 Å². The van der Waals surface area contributed by atoms with Crippen LogP contribution in [0.15, 0.2) is 18.2 Å². The highest BCUT2D eigenvalue weighted by molar-refractivity contribution is 8.76. The Labute approximate surface area is 152 Å². The van der Waals surface area contributed by atoms with Gasteiger partial charge in [-0.25, -0.2) is 4.79 Å². The second-order valence-electron chi connectivity index (χ2n) is 4.98. The number of carbonyl (C=O) groups is 3. The second-order valence-corrected chi connectivity index (χ2v) is 8.12. The molecule has 1 aromatic rings. The average Bonchev–Trinajstić information content (AvgIpc) is 2.54. The van der Waals surface area contributed by atoms with Crippen molar-refractivity contribution < 1.29 is 24.2 Å². The third-order valence-electron chi connectivity index (χ3n) is 3.21. The highest BCUT2D eigenvalue weighted by Gasteiger charge is 2.31. The molecule has 6 nitrogen and oxygen atoms in total. The Morgan fingerprint density at radius 2 is 2.08 bits per heavy atom. The summed E-state index contributed by atoms with van der Waals surface area (Å²) in [5.74, 6) is -0.536. The summed E-state index contributed by atoms with van der Waals surface area (Å²) in [6.45, 7) is 0.422. The van der Waals surface area contributed by atoms with Crippen LogP contribution in [0.1, 0.15) is 22.3 Å². The highest BCUT2D eigenvalue weighted by Crippen LogP contribution is 2.24. The van der Waals surface area contributed by atoms with Crippen molar-refractivity contribution in [3.8, 4) is 0 Å². The maximum Gasteiger partial charge on any atom is 0.339 e. The largest absolute Gasteiger partial charge is 0.481 e. The van der Waals surface area contributed by atoms with Crippen molar-refractivity contribution in [3.63, 3.8) is 0 Å². The van der Waals surface area contributed by atoms with E-state index >= 15 is 0 Å². The summed E-state index contributed by atoms with van der Waals surface area (Å²) >= 11 is 5.85. The lowest BCUT2D eigenvalue weighted by atomic mass is 9.98. The average molecular weight is 390 g/mol. The van der Waals surface area contributed by atoms with E-state index in [9.17, 15) is 14.4 Å². The first kappa shape index (κ1) is 19.0. The van der Waals surface area contributed by atoms with Crippen LogP contribution in [0.3, 0.4) is 0 Å². The summed E-state index contributed by atoms with van der Waals surface area (Å²) in [5, 5.41) is 11.7. The van der Waals surface area contributed by atoms with Crippen LogP contribution in [0.25, 0.3) is 0 Å². The van der Waals surface area contributed by atoms with Gasteiger partial charge in [0.2, 0.25) is 0 Å². The molecule has 2 N–H and O–H groups in total. The van der Waals surface area contributed by atoms with Gasteiger partial charge in [-0.1, -0.05) is 39.3 Å². The van der Waals surface area contributed by atoms with Crippen molar-refractivity contribution in [1.82, 2.24) is 5.32 Å². The van der Waals surface area contributed by atoms with Gasteiger partial charge in [0.25, 0.3) is 5.91 Å². The standard InChI is InChI=1S/C15H16ClNO5S2/c16-10-2-1-9-7-12(22-15(21)11(9)8-10)14(20)17-4-6-24-23-5-3-13(18)19/h1-2,8,12H,3-7H2,(H,17,20)(H,18,19). The van der Waals surface area contributed by atoms with E-state index in [2.05, 4.69) is 5.32 Å². The molecule has 2 rings (SSSR count). The van der Waals surface area contributed by atoms with Crippen LogP contribution in [0.4, 0.5) is 0 Å². The lowest BCUT2D eigenvalue weighted by molar-refractivity contribution is -0.136. The molecule has 0 aromatic heterocycles. The number of halogens is 1. The minimum atomic E-state index is -0.837. The minimum absolute atomic E-state index is 0.117. The van der Waals surface area contributed by atoms with Gasteiger partial charge in [-0.3, -0.25) is 9.59 Å². The summed E-state index contributed by atoms with van der Waals surface area (Å²) in [5.41, 5.74) is 1.14. The van der Waals surface area contributed by atoms with Crippen LogP contribution in [0.2, 0.25) is 5.02 Å². The lowest BCUT2D eigenvalue weighted by Crippen LogP contribution is -2.42. The smallest absolute Gasteiger partial charge is 0.339 e. The number of aliphatic carboxylic acids is 1. The number of carboxylic acids is 1. The summed E-state index contributed by atoms with van der Waals surface area (Å²) < 4.78 is 5.16. The Morgan fingerprint density at radius 3 is 2.83 bits per heavy atom. The molecule has 1 aromatic carbocycles. The van der Waals surface area contributed by atoms with Crippen LogP contribution in [-0.2, 0) is 20.7 Å². The van der Waals surface area contributed by atoms with Crippen LogP contribution in [0.5, 0.6) is 0 Å². The quantitative estimate of drug-likeness (QED) is 0.400. The van der Waals surface area contributed by atoms with Gasteiger partial charge in [-0.15, -0.1) is 0 Å². The van der Waals surface area contributed by atoms with E-state index in [1.165, 1.54) is 21.6 Å². The molecule has 0 spiro atoms. The van der Waals surface area contributed by atoms with E-state index in [-0.39, 0.29) is 12.3 Å². The van der Waals surface area contributed by atoms with Crippen LogP contribution < -0.4 is 5.32 Å². The maximum absolute atomic E-state index is 12.1. The van der Waals surface area contributed by atoms with Gasteiger partial charge >= 0.3 is 11.9 Å². The number of fused-ring (bicyclic) bond motifs is 1. The molecule has 1 amide bonds. The number of hydrogen-bond donors (Lipinski definition) is 2. The molecule has 0 aliphatic carbocycles. The van der Waals surface area contributed by atoms with Crippen molar-refractivity contribution in [2.45, 2.75) is 18.9 Å². The molecular weight excluding hydrogens is 374 g/mol. The number of amides is 1. The second kappa shape index (κ2) is 9.19. The Kier molecular flexibility index (Phi) is 7.26. The van der Waals surface area contributed by atoms with Crippen molar-refractivity contribution in [2.24, 2.45) is 0 Å². The molecule has 0 bridgehead atoms. The lowest BCUT2D eigenvalue weighted by Gasteiger charge is -2.24. The number of carboxylic acid groups (broad SMARTS) is 1. The van der Waals surface area contributed by atoms with Crippen molar-refractivity contribution in [2.75, 3.05) is 18.1 Å². The molecule has 1 atom stereocenters. The predicted molar refractivity (Wildman–Crippen MR) is 94.5 cm³/mol. The normalized spacial score (nSPS) is 16.2. The Morgan fingerprint density at radius 1 is 1.33 bits per heavy atom. The van der Waals surface area contributed by atoms with Gasteiger partial charge in [0.15, 0.2) is 6.10 Å². The maximum atomic E-state index is 12.1. The van der Waals surface area contributed by atoms with E-state index in [0.717, 1.165) is 5.56 Å². The first-order valence-electron chi connectivity index (χ1n) is 7.20. The number of benzene rings is 1. The zero-order valence-corrected chi connectivity index (χ0v) is 15.0. The Hall–Kier alpha value is -1.38. The van der Waals surface area contributed by atoms with E-state index in [0.29, 0.717) is 35.1 Å². The van der Waals surface area contributed by atoms with Gasteiger partial charge in [-0.2, -0.15) is 0 Å². The number of carbonyl (C=O) groups excluding carboxylic acids is 2. The molecule has 1 aliphatic rings. The fourth-order valence-corrected chi connectivity index (χ4v) is 4.13. The summed E-state index contributed by atoms with van der Waals surface area (Å²) in [6, 6.07) is 4.95. The molecular formula is C15H16ClNO5S2. The number of rotatable bonds is 8. The highest BCUT2D eigenvalue weighted by atomic mass is 35.5. The first-order valence-corrected chi connectivity index (χ1v) is 10.1. The van der Waals surface area contributed by atoms with E-state index < -0.39 is 18.0 Å². The number of cyclic esters (lactones) is 1. The predicted octanol–water partition coefficient (Wildman–Crippen LogP) is 2.39. The van der Waals surface area contributed by atoms with Crippen molar-refractivity contribution >= 4 is 51.0 Å². The Bertz CT molecular complexity index is 640. The SMILES string of the molecule is O=C(O)CCSSCCNC(=O)C1Cc2ccc(Cl)cc2C(=O)O1. The zero-order chi connectivity index (χ0) is 17.5. The third kappa shape index (κ3) is 5.61. The molecule has 1 unspecified atom stereocenters. The monoisotopic (exact) mass is 389 g/mol. The van der Waals surface area contributed by atoms with Crippen LogP contribution in [0, 0.1) is 0 Å². The van der Waals surface area contributed by atoms with Gasteiger partial charge in [-0.05, 0) is 17.7 Å². The van der Waals surface area contributed by atoms with Crippen LogP contribution in [-0.4, -0.2) is 47.1 Å². The van der Waals surface area contributed by atoms with E-state index in [1.54, 1.807) is 18.2 Å². The number of esters is 1. The van der Waals surface area contributed by atoms with E-state index in [1.807, 2.05) is 0 Å². The Balaban J connectivity index is 1.73. The molecule has 1 aliphatic heterocycles. The summed E-state index contributed by atoms with van der Waals surface area (Å²) in [7, 11) is 2.94. The molecule has 9 heteroatoms. The zero-order valence-electron chi connectivity index (χ0n) is 12.6. The molecule has 0 saturated carbocycles. The van der Waals surface area contributed by atoms with E-state index in [4.69, 9.17) is 21.4 Å². The molecule has 1 heterocycles. The summed E-state index contributed by atoms with van der Waals surface area (Å²) in [6.07, 6.45) is -0.397. The van der Waals surface area contributed by atoms with Crippen molar-refractivity contribution in [3.05, 3.63) is 34.3 Å². The molecule has 0 saturated heterocycles. The van der Waals surface area contributed by atoms with Crippen molar-refractivity contribution in [1.29, 1.82) is 0 Å². The van der Waals surface area contributed by atoms with Gasteiger partial charge < -0.3 is 15.2 Å². The first-order chi connectivity index (χ1) is 11.5. The fraction of sp³-hybridized carbons (Fsp3) is 0.400. The number of ether oxygens (including phenoxy) is 1. The van der Waals surface area contributed by atoms with Gasteiger partial charge in [0.05, 0.1) is 12.0 Å². The number of hydrogen-bond acceptors (Lipinski definition) is 6. The number of nitrogens with one attached hydrogen (secondary N) is 1. The molecule has 130 valence electrons. The van der Waals surface area contributed by atoms with Gasteiger partial charge in [0.1, 0.15) is 0 Å². The molecule has 24 heavy (non-hydrogen) atoms. The minimum Gasteiger partial charge on any atom is -0.481 e. The molecule has 0 fully saturated rings. The summed E-state index contributed by atoms with van der Waals surface area (Å²) in [4.78, 5) is 34.4. The topological polar surface area (TPSA) is 92.7 Å². The fourth-order valence-electron chi connectivity index (χ4n) is 2.07. The third-order valence-corrected chi connectivity index (χ3v) is 5.85.